The number of aromatic nitrogens is 2. The summed E-state index contributed by atoms with van der Waals surface area (Å²) in [6, 6.07) is 0. The first-order valence-corrected chi connectivity index (χ1v) is 9.51. The van der Waals surface area contributed by atoms with Crippen LogP contribution in [0, 0.1) is 11.3 Å². The summed E-state index contributed by atoms with van der Waals surface area (Å²) in [7, 11) is 1.94. The van der Waals surface area contributed by atoms with Crippen molar-refractivity contribution in [2.45, 2.75) is 53.1 Å². The second kappa shape index (κ2) is 11.1. The summed E-state index contributed by atoms with van der Waals surface area (Å²) in [5.41, 5.74) is 1.39. The van der Waals surface area contributed by atoms with E-state index in [-0.39, 0.29) is 35.5 Å². The van der Waals surface area contributed by atoms with Crippen molar-refractivity contribution in [3.63, 3.8) is 0 Å². The number of rotatable bonds is 6. The molecule has 2 N–H and O–H groups in total. The molecule has 0 aliphatic carbocycles. The van der Waals surface area contributed by atoms with Crippen LogP contribution in [0.25, 0.3) is 0 Å². The minimum absolute atomic E-state index is 0. The highest BCUT2D eigenvalue weighted by Gasteiger charge is 2.35. The first kappa shape index (κ1) is 23.2. The smallest absolute Gasteiger partial charge is 0.191 e. The fourth-order valence-corrected chi connectivity index (χ4v) is 3.46. The Morgan fingerprint density at radius 3 is 2.77 bits per heavy atom. The van der Waals surface area contributed by atoms with E-state index in [2.05, 4.69) is 49.6 Å². The van der Waals surface area contributed by atoms with Gasteiger partial charge in [-0.15, -0.1) is 24.0 Å². The zero-order chi connectivity index (χ0) is 18.3. The van der Waals surface area contributed by atoms with Crippen molar-refractivity contribution in [2.24, 2.45) is 23.4 Å². The predicted octanol–water partition coefficient (Wildman–Crippen LogP) is 2.98. The van der Waals surface area contributed by atoms with Crippen LogP contribution in [0.1, 0.15) is 46.1 Å². The van der Waals surface area contributed by atoms with Crippen molar-refractivity contribution in [1.82, 2.24) is 20.4 Å². The number of ether oxygens (including phenoxy) is 1. The van der Waals surface area contributed by atoms with Gasteiger partial charge in [-0.2, -0.15) is 5.10 Å². The lowest BCUT2D eigenvalue weighted by molar-refractivity contribution is -0.0823. The Morgan fingerprint density at radius 2 is 2.15 bits per heavy atom. The van der Waals surface area contributed by atoms with Crippen molar-refractivity contribution in [2.75, 3.05) is 26.2 Å². The van der Waals surface area contributed by atoms with Gasteiger partial charge >= 0.3 is 0 Å². The molecule has 0 aromatic carbocycles. The van der Waals surface area contributed by atoms with Crippen LogP contribution in [0.2, 0.25) is 0 Å². The van der Waals surface area contributed by atoms with Gasteiger partial charge in [-0.05, 0) is 37.2 Å². The third kappa shape index (κ3) is 7.42. The fourth-order valence-electron chi connectivity index (χ4n) is 3.46. The second-order valence-corrected chi connectivity index (χ2v) is 7.98. The van der Waals surface area contributed by atoms with E-state index in [1.165, 1.54) is 12.0 Å². The Labute approximate surface area is 175 Å². The van der Waals surface area contributed by atoms with Crippen molar-refractivity contribution < 1.29 is 4.74 Å². The third-order valence-corrected chi connectivity index (χ3v) is 4.59. The molecule has 1 aromatic heterocycles. The van der Waals surface area contributed by atoms with Gasteiger partial charge in [-0.25, -0.2) is 0 Å². The van der Waals surface area contributed by atoms with Crippen molar-refractivity contribution in [3.8, 4) is 0 Å². The molecule has 2 rings (SSSR count). The van der Waals surface area contributed by atoms with E-state index in [1.54, 1.807) is 0 Å². The summed E-state index contributed by atoms with van der Waals surface area (Å²) in [6.07, 6.45) is 7.52. The molecule has 2 unspecified atom stereocenters. The number of guanidine groups is 1. The van der Waals surface area contributed by atoms with Crippen LogP contribution in [0.4, 0.5) is 0 Å². The maximum absolute atomic E-state index is 6.07. The quantitative estimate of drug-likeness (QED) is 0.376. The van der Waals surface area contributed by atoms with Gasteiger partial charge in [0.2, 0.25) is 0 Å². The zero-order valence-corrected chi connectivity index (χ0v) is 19.2. The van der Waals surface area contributed by atoms with Crippen molar-refractivity contribution >= 4 is 29.9 Å². The molecule has 1 saturated heterocycles. The van der Waals surface area contributed by atoms with Gasteiger partial charge in [0, 0.05) is 45.4 Å². The summed E-state index contributed by atoms with van der Waals surface area (Å²) in [5, 5.41) is 11.0. The van der Waals surface area contributed by atoms with E-state index in [0.717, 1.165) is 45.0 Å². The van der Waals surface area contributed by atoms with Gasteiger partial charge in [0.15, 0.2) is 5.96 Å². The van der Waals surface area contributed by atoms with E-state index in [1.807, 2.05) is 17.9 Å². The number of halogens is 1. The Balaban J connectivity index is 0.00000338. The van der Waals surface area contributed by atoms with Crippen LogP contribution in [0.5, 0.6) is 0 Å². The van der Waals surface area contributed by atoms with Crippen LogP contribution < -0.4 is 10.6 Å². The molecule has 0 radical (unpaired) electrons. The fraction of sp³-hybridized carbons (Fsp3) is 0.789. The molecule has 0 saturated carbocycles. The number of hydrogen-bond donors (Lipinski definition) is 2. The maximum atomic E-state index is 6.07. The zero-order valence-electron chi connectivity index (χ0n) is 16.9. The number of hydrogen-bond acceptors (Lipinski definition) is 3. The van der Waals surface area contributed by atoms with E-state index < -0.39 is 0 Å². The van der Waals surface area contributed by atoms with E-state index >= 15 is 0 Å². The maximum Gasteiger partial charge on any atom is 0.191 e. The van der Waals surface area contributed by atoms with Gasteiger partial charge in [0.25, 0.3) is 0 Å². The lowest BCUT2D eigenvalue weighted by Crippen LogP contribution is -2.43. The van der Waals surface area contributed by atoms with Gasteiger partial charge in [-0.3, -0.25) is 9.67 Å². The molecule has 150 valence electrons. The summed E-state index contributed by atoms with van der Waals surface area (Å²) < 4.78 is 7.91. The average molecular weight is 477 g/mol. The topological polar surface area (TPSA) is 63.5 Å². The average Bonchev–Trinajstić information content (AvgIpc) is 2.97. The van der Waals surface area contributed by atoms with Crippen LogP contribution in [0.3, 0.4) is 0 Å². The van der Waals surface area contributed by atoms with Crippen LogP contribution in [0.15, 0.2) is 17.4 Å². The van der Waals surface area contributed by atoms with Crippen LogP contribution >= 0.6 is 24.0 Å². The van der Waals surface area contributed by atoms with Gasteiger partial charge in [-0.1, -0.05) is 20.8 Å². The highest BCUT2D eigenvalue weighted by molar-refractivity contribution is 14.0. The molecule has 7 heteroatoms. The minimum atomic E-state index is 0. The minimum Gasteiger partial charge on any atom is -0.377 e. The Morgan fingerprint density at radius 1 is 1.38 bits per heavy atom. The lowest BCUT2D eigenvalue weighted by atomic mass is 9.78. The SMILES string of the molecule is CCNC(=NCC1CCCOC1C(C)(C)C)NCCc1cnn(C)c1.I. The number of nitrogens with one attached hydrogen (secondary N) is 2. The molecule has 6 nitrogen and oxygen atoms in total. The summed E-state index contributed by atoms with van der Waals surface area (Å²) >= 11 is 0. The van der Waals surface area contributed by atoms with Crippen LogP contribution in [-0.2, 0) is 18.2 Å². The molecule has 1 aromatic rings. The largest absolute Gasteiger partial charge is 0.377 e. The van der Waals surface area contributed by atoms with Crippen molar-refractivity contribution in [3.05, 3.63) is 18.0 Å². The summed E-state index contributed by atoms with van der Waals surface area (Å²) in [4.78, 5) is 4.83. The molecule has 1 fully saturated rings. The molecule has 1 aliphatic rings. The monoisotopic (exact) mass is 477 g/mol. The molecule has 0 spiro atoms. The van der Waals surface area contributed by atoms with Gasteiger partial charge in [0.1, 0.15) is 0 Å². The molecule has 2 heterocycles. The highest BCUT2D eigenvalue weighted by atomic mass is 127. The predicted molar refractivity (Wildman–Crippen MR) is 118 cm³/mol. The Kier molecular flexibility index (Phi) is 9.92. The summed E-state index contributed by atoms with van der Waals surface area (Å²) in [6.45, 7) is 12.3. The lowest BCUT2D eigenvalue weighted by Gasteiger charge is -2.39. The normalized spacial score (nSPS) is 21.2. The molecule has 1 aliphatic heterocycles. The second-order valence-electron chi connectivity index (χ2n) is 7.98. The number of aryl methyl sites for hydroxylation is 1. The van der Waals surface area contributed by atoms with E-state index in [9.17, 15) is 0 Å². The Bertz CT molecular complexity index is 552. The molecule has 2 atom stereocenters. The summed E-state index contributed by atoms with van der Waals surface area (Å²) in [5.74, 6) is 1.38. The van der Waals surface area contributed by atoms with Gasteiger partial charge < -0.3 is 15.4 Å². The van der Waals surface area contributed by atoms with Crippen LogP contribution in [-0.4, -0.2) is 48.1 Å². The molecule has 0 bridgehead atoms. The Hall–Kier alpha value is -0.830. The third-order valence-electron chi connectivity index (χ3n) is 4.59. The number of nitrogens with zero attached hydrogens (tertiary/aromatic N) is 3. The molecular weight excluding hydrogens is 441 g/mol. The highest BCUT2D eigenvalue weighted by Crippen LogP contribution is 2.34. The van der Waals surface area contributed by atoms with Crippen molar-refractivity contribution in [1.29, 1.82) is 0 Å². The van der Waals surface area contributed by atoms with E-state index in [4.69, 9.17) is 9.73 Å². The standard InChI is InChI=1S/C19H35N5O.HI/c1-6-20-18(21-10-9-15-12-23-24(5)14-15)22-13-16-8-7-11-25-17(16)19(2,3)4;/h12,14,16-17H,6-11,13H2,1-5H3,(H2,20,21,22);1H. The molecule has 0 amide bonds. The van der Waals surface area contributed by atoms with E-state index in [0.29, 0.717) is 5.92 Å². The van der Waals surface area contributed by atoms with Gasteiger partial charge in [0.05, 0.1) is 12.3 Å². The first-order chi connectivity index (χ1) is 11.9. The number of aliphatic imine (C=N–C) groups is 1. The molecular formula is C19H36IN5O. The molecule has 26 heavy (non-hydrogen) atoms. The first-order valence-electron chi connectivity index (χ1n) is 9.51.